The van der Waals surface area contributed by atoms with Gasteiger partial charge in [-0.3, -0.25) is 9.78 Å². The van der Waals surface area contributed by atoms with Crippen LogP contribution in [0, 0.1) is 5.92 Å². The molecule has 14 heteroatoms. The fourth-order valence-electron chi connectivity index (χ4n) is 4.60. The van der Waals surface area contributed by atoms with Gasteiger partial charge in [-0.25, -0.2) is 27.2 Å². The molecule has 11 nitrogen and oxygen atoms in total. The normalized spacial score (nSPS) is 13.0. The lowest BCUT2D eigenvalue weighted by Gasteiger charge is -2.14. The highest BCUT2D eigenvalue weighted by Gasteiger charge is 2.26. The maximum Gasteiger partial charge on any atom is 0.278 e. The topological polar surface area (TPSA) is 141 Å². The van der Waals surface area contributed by atoms with Crippen molar-refractivity contribution in [1.29, 1.82) is 0 Å². The van der Waals surface area contributed by atoms with Crippen molar-refractivity contribution in [2.24, 2.45) is 5.92 Å². The van der Waals surface area contributed by atoms with Crippen LogP contribution in [0.4, 0.5) is 20.4 Å². The van der Waals surface area contributed by atoms with E-state index in [2.05, 4.69) is 30.6 Å². The number of anilines is 2. The van der Waals surface area contributed by atoms with E-state index in [1.165, 1.54) is 36.1 Å². The summed E-state index contributed by atoms with van der Waals surface area (Å²) in [7, 11) is -3.75. The fraction of sp³-hybridized carbons (Fsp3) is 0.370. The number of hydrogen-bond donors (Lipinski definition) is 2. The van der Waals surface area contributed by atoms with Crippen molar-refractivity contribution in [2.45, 2.75) is 45.2 Å². The Hall–Kier alpha value is -4.20. The van der Waals surface area contributed by atoms with Crippen molar-refractivity contribution in [2.75, 3.05) is 24.2 Å². The first-order valence-corrected chi connectivity index (χ1v) is 14.7. The molecule has 0 radical (unpaired) electrons. The summed E-state index contributed by atoms with van der Waals surface area (Å²) >= 11 is 0. The molecule has 0 spiro atoms. The van der Waals surface area contributed by atoms with Crippen molar-refractivity contribution in [1.82, 2.24) is 29.8 Å². The Balaban J connectivity index is 1.51. The number of alkyl halides is 2. The van der Waals surface area contributed by atoms with Crippen molar-refractivity contribution >= 4 is 38.4 Å². The molecule has 0 saturated heterocycles. The fourth-order valence-corrected chi connectivity index (χ4v) is 5.57. The Morgan fingerprint density at radius 3 is 2.68 bits per heavy atom. The zero-order chi connectivity index (χ0) is 29.3. The molecule has 0 bridgehead atoms. The molecule has 0 saturated carbocycles. The largest absolute Gasteiger partial charge is 0.491 e. The molecule has 1 aliphatic rings. The van der Waals surface area contributed by atoms with Gasteiger partial charge in [-0.15, -0.1) is 0 Å². The average molecular weight is 586 g/mol. The van der Waals surface area contributed by atoms with Crippen LogP contribution in [0.15, 0.2) is 41.8 Å². The number of rotatable bonds is 10. The summed E-state index contributed by atoms with van der Waals surface area (Å²) in [5.74, 6) is 0.512. The van der Waals surface area contributed by atoms with E-state index in [1.807, 2.05) is 13.8 Å². The summed E-state index contributed by atoms with van der Waals surface area (Å²) in [6.07, 6.45) is 1.65. The first-order valence-electron chi connectivity index (χ1n) is 13.1. The van der Waals surface area contributed by atoms with Crippen molar-refractivity contribution < 1.29 is 26.7 Å². The smallest absolute Gasteiger partial charge is 0.278 e. The Bertz CT molecular complexity index is 1720. The lowest BCUT2D eigenvalue weighted by Crippen LogP contribution is -2.28. The molecule has 3 aromatic heterocycles. The van der Waals surface area contributed by atoms with Crippen LogP contribution in [-0.4, -0.2) is 57.7 Å². The molecule has 0 unspecified atom stereocenters. The minimum atomic E-state index is -3.75. The Morgan fingerprint density at radius 1 is 1.17 bits per heavy atom. The minimum absolute atomic E-state index is 0.0272. The molecule has 41 heavy (non-hydrogen) atoms. The highest BCUT2D eigenvalue weighted by molar-refractivity contribution is 7.91. The van der Waals surface area contributed by atoms with Gasteiger partial charge >= 0.3 is 0 Å². The summed E-state index contributed by atoms with van der Waals surface area (Å²) in [6, 6.07) is 4.65. The summed E-state index contributed by atoms with van der Waals surface area (Å²) in [4.78, 5) is 29.6. The molecule has 0 fully saturated rings. The van der Waals surface area contributed by atoms with Gasteiger partial charge in [0.25, 0.3) is 12.3 Å². The number of aromatic nitrogens is 5. The third kappa shape index (κ3) is 5.69. The van der Waals surface area contributed by atoms with Crippen LogP contribution in [0.2, 0.25) is 0 Å². The Morgan fingerprint density at radius 2 is 1.95 bits per heavy atom. The van der Waals surface area contributed by atoms with Gasteiger partial charge in [0.2, 0.25) is 5.95 Å². The molecular formula is C27H29F2N7O4S. The summed E-state index contributed by atoms with van der Waals surface area (Å²) in [5, 5.41) is 6.08. The van der Waals surface area contributed by atoms with Crippen LogP contribution in [-0.2, 0) is 22.8 Å². The van der Waals surface area contributed by atoms with E-state index < -0.39 is 16.3 Å². The van der Waals surface area contributed by atoms with Gasteiger partial charge in [0.1, 0.15) is 11.4 Å². The molecule has 4 aromatic rings. The number of nitrogens with one attached hydrogen (secondary N) is 2. The zero-order valence-corrected chi connectivity index (χ0v) is 23.5. The van der Waals surface area contributed by atoms with Crippen LogP contribution in [0.3, 0.4) is 0 Å². The predicted molar refractivity (Wildman–Crippen MR) is 147 cm³/mol. The lowest BCUT2D eigenvalue weighted by molar-refractivity contribution is 0.0948. The standard InChI is InChI=1S/C27H29F2N7O4S/c1-4-41(38,39)26-20(30-8-9-31-26)14-36-21(23(28)29)11-16-13-33-27(35-24(16)36)34-19-6-5-18(17-7-10-40-22(17)19)25(37)32-12-15(2)3/h5-6,8-9,11,13,15,23H,4,7,10,12,14H2,1-3H3,(H,32,37)(H,33,34,35). The molecule has 1 aromatic carbocycles. The zero-order valence-electron chi connectivity index (χ0n) is 22.7. The van der Waals surface area contributed by atoms with E-state index in [-0.39, 0.29) is 46.2 Å². The van der Waals surface area contributed by atoms with E-state index in [0.29, 0.717) is 47.9 Å². The van der Waals surface area contributed by atoms with Gasteiger partial charge in [0.05, 0.1) is 36.0 Å². The number of fused-ring (bicyclic) bond motifs is 2. The maximum absolute atomic E-state index is 14.1. The van der Waals surface area contributed by atoms with E-state index in [1.54, 1.807) is 12.1 Å². The number of amides is 1. The van der Waals surface area contributed by atoms with E-state index in [9.17, 15) is 22.0 Å². The third-order valence-corrected chi connectivity index (χ3v) is 8.32. The number of nitrogens with zero attached hydrogens (tertiary/aromatic N) is 5. The number of carbonyl (C=O) groups excluding carboxylic acids is 1. The third-order valence-electron chi connectivity index (χ3n) is 6.63. The van der Waals surface area contributed by atoms with Crippen molar-refractivity contribution in [3.63, 3.8) is 0 Å². The molecule has 0 atom stereocenters. The predicted octanol–water partition coefficient (Wildman–Crippen LogP) is 4.07. The minimum Gasteiger partial charge on any atom is -0.491 e. The molecule has 216 valence electrons. The molecular weight excluding hydrogens is 556 g/mol. The highest BCUT2D eigenvalue weighted by Crippen LogP contribution is 2.38. The van der Waals surface area contributed by atoms with Crippen LogP contribution >= 0.6 is 0 Å². The van der Waals surface area contributed by atoms with Crippen LogP contribution in [0.25, 0.3) is 11.0 Å². The molecule has 1 aliphatic heterocycles. The van der Waals surface area contributed by atoms with Gasteiger partial charge < -0.3 is 19.9 Å². The second-order valence-corrected chi connectivity index (χ2v) is 12.1. The maximum atomic E-state index is 14.1. The number of hydrogen-bond acceptors (Lipinski definition) is 9. The monoisotopic (exact) mass is 585 g/mol. The van der Waals surface area contributed by atoms with Gasteiger partial charge in [-0.05, 0) is 24.1 Å². The summed E-state index contributed by atoms with van der Waals surface area (Å²) in [5.41, 5.74) is 1.63. The van der Waals surface area contributed by atoms with E-state index in [4.69, 9.17) is 4.74 Å². The van der Waals surface area contributed by atoms with Crippen molar-refractivity contribution in [3.8, 4) is 5.75 Å². The van der Waals surface area contributed by atoms with Gasteiger partial charge in [0, 0.05) is 48.1 Å². The van der Waals surface area contributed by atoms with Crippen LogP contribution < -0.4 is 15.4 Å². The number of ether oxygens (including phenoxy) is 1. The second-order valence-electron chi connectivity index (χ2n) is 9.94. The summed E-state index contributed by atoms with van der Waals surface area (Å²) in [6.45, 7) is 6.15. The number of sulfone groups is 1. The summed E-state index contributed by atoms with van der Waals surface area (Å²) < 4.78 is 60.4. The number of benzene rings is 1. The molecule has 0 aliphatic carbocycles. The molecule has 2 N–H and O–H groups in total. The van der Waals surface area contributed by atoms with Gasteiger partial charge in [0.15, 0.2) is 14.9 Å². The molecule has 5 rings (SSSR count). The molecule has 4 heterocycles. The number of halogens is 2. The van der Waals surface area contributed by atoms with Gasteiger partial charge in [-0.2, -0.15) is 4.98 Å². The highest BCUT2D eigenvalue weighted by atomic mass is 32.2. The lowest BCUT2D eigenvalue weighted by atomic mass is 10.0. The van der Waals surface area contributed by atoms with E-state index >= 15 is 0 Å². The van der Waals surface area contributed by atoms with Crippen LogP contribution in [0.5, 0.6) is 5.75 Å². The average Bonchev–Trinajstić information content (AvgIpc) is 3.58. The second kappa shape index (κ2) is 11.4. The Labute approximate surface area is 235 Å². The van der Waals surface area contributed by atoms with E-state index in [0.717, 1.165) is 5.56 Å². The SMILES string of the molecule is CCS(=O)(=O)c1nccnc1Cn1c(C(F)F)cc2cnc(Nc3ccc(C(=O)NCC(C)C)c4c3OCC4)nc21. The molecule has 1 amide bonds. The quantitative estimate of drug-likeness (QED) is 0.282. The first kappa shape index (κ1) is 28.3. The first-order chi connectivity index (χ1) is 19.6. The van der Waals surface area contributed by atoms with Crippen LogP contribution in [0.1, 0.15) is 54.5 Å². The Kier molecular flexibility index (Phi) is 7.84. The van der Waals surface area contributed by atoms with Gasteiger partial charge in [-0.1, -0.05) is 20.8 Å². The van der Waals surface area contributed by atoms with Crippen molar-refractivity contribution in [3.05, 3.63) is 59.3 Å². The number of carbonyl (C=O) groups is 1.